The lowest BCUT2D eigenvalue weighted by atomic mass is 9.84. The second-order valence-corrected chi connectivity index (χ2v) is 5.29. The first kappa shape index (κ1) is 9.77. The van der Waals surface area contributed by atoms with Crippen LogP contribution in [0.15, 0.2) is 11.1 Å². The maximum absolute atomic E-state index is 11.2. The van der Waals surface area contributed by atoms with Gasteiger partial charge >= 0.3 is 0 Å². The molecule has 0 bridgehead atoms. The van der Waals surface area contributed by atoms with Gasteiger partial charge in [-0.3, -0.25) is 10.2 Å². The first-order valence-electron chi connectivity index (χ1n) is 4.88. The molecular weight excluding hydrogens is 196 g/mol. The second-order valence-electron chi connectivity index (χ2n) is 4.08. The highest BCUT2D eigenvalue weighted by Crippen LogP contribution is 2.44. The lowest BCUT2D eigenvalue weighted by Gasteiger charge is -2.25. The van der Waals surface area contributed by atoms with Crippen molar-refractivity contribution in [2.24, 2.45) is 11.7 Å². The van der Waals surface area contributed by atoms with Crippen molar-refractivity contribution in [1.82, 2.24) is 0 Å². The molecule has 0 radical (unpaired) electrons. The molecule has 3 nitrogen and oxygen atoms in total. The van der Waals surface area contributed by atoms with Crippen LogP contribution in [0.1, 0.15) is 26.2 Å². The van der Waals surface area contributed by atoms with Crippen molar-refractivity contribution >= 4 is 22.7 Å². The van der Waals surface area contributed by atoms with E-state index in [4.69, 9.17) is 11.1 Å². The molecule has 1 saturated carbocycles. The van der Waals surface area contributed by atoms with Crippen molar-refractivity contribution in [3.63, 3.8) is 0 Å². The number of hydrogen-bond donors (Lipinski definition) is 2. The maximum atomic E-state index is 11.2. The van der Waals surface area contributed by atoms with Crippen LogP contribution in [0.3, 0.4) is 0 Å². The molecule has 0 saturated heterocycles. The first-order chi connectivity index (χ1) is 6.59. The Morgan fingerprint density at radius 1 is 1.64 bits per heavy atom. The van der Waals surface area contributed by atoms with Crippen LogP contribution in [0.5, 0.6) is 0 Å². The predicted molar refractivity (Wildman–Crippen MR) is 58.3 cm³/mol. The number of carbonyl (C=O) groups excluding carboxylic acids is 1. The molecule has 0 aromatic heterocycles. The number of thioether (sulfide) groups is 1. The van der Waals surface area contributed by atoms with Crippen molar-refractivity contribution in [1.29, 1.82) is 5.41 Å². The van der Waals surface area contributed by atoms with E-state index in [9.17, 15) is 4.79 Å². The molecule has 14 heavy (non-hydrogen) atoms. The molecule has 1 aliphatic heterocycles. The number of nitrogens with one attached hydrogen (secondary N) is 1. The second kappa shape index (κ2) is 3.42. The molecular formula is C10H14N2OS. The Labute approximate surface area is 87.6 Å². The van der Waals surface area contributed by atoms with E-state index in [-0.39, 0.29) is 0 Å². The predicted octanol–water partition coefficient (Wildman–Crippen LogP) is 1.68. The van der Waals surface area contributed by atoms with Crippen LogP contribution in [-0.4, -0.2) is 16.2 Å². The highest BCUT2D eigenvalue weighted by Gasteiger charge is 2.36. The third kappa shape index (κ3) is 1.47. The van der Waals surface area contributed by atoms with Crippen molar-refractivity contribution in [2.75, 3.05) is 0 Å². The summed E-state index contributed by atoms with van der Waals surface area (Å²) in [6.45, 7) is 2.23. The van der Waals surface area contributed by atoms with E-state index in [1.807, 2.05) is 0 Å². The van der Waals surface area contributed by atoms with E-state index < -0.39 is 5.91 Å². The largest absolute Gasteiger partial charge is 0.366 e. The van der Waals surface area contributed by atoms with Gasteiger partial charge in [0.25, 0.3) is 5.91 Å². The molecule has 2 aliphatic rings. The molecule has 1 fully saturated rings. The van der Waals surface area contributed by atoms with Crippen LogP contribution in [0.4, 0.5) is 0 Å². The smallest absolute Gasteiger partial charge is 0.251 e. The summed E-state index contributed by atoms with van der Waals surface area (Å²) in [5.41, 5.74) is 6.92. The van der Waals surface area contributed by atoms with Crippen LogP contribution >= 0.6 is 11.8 Å². The van der Waals surface area contributed by atoms with Gasteiger partial charge in [0.15, 0.2) is 0 Å². The van der Waals surface area contributed by atoms with Gasteiger partial charge in [0.2, 0.25) is 0 Å². The normalized spacial score (nSPS) is 31.9. The Morgan fingerprint density at radius 2 is 2.36 bits per heavy atom. The summed E-state index contributed by atoms with van der Waals surface area (Å²) in [5.74, 6) is 0.283. The highest BCUT2D eigenvalue weighted by atomic mass is 32.2. The topological polar surface area (TPSA) is 66.9 Å². The zero-order valence-electron chi connectivity index (χ0n) is 8.17. The van der Waals surface area contributed by atoms with E-state index in [1.54, 1.807) is 0 Å². The average molecular weight is 210 g/mol. The third-order valence-corrected chi connectivity index (χ3v) is 4.17. The van der Waals surface area contributed by atoms with Crippen molar-refractivity contribution in [3.05, 3.63) is 11.1 Å². The number of rotatable bonds is 1. The molecule has 1 heterocycles. The van der Waals surface area contributed by atoms with Gasteiger partial charge in [0, 0.05) is 5.25 Å². The van der Waals surface area contributed by atoms with Crippen LogP contribution in [0, 0.1) is 11.3 Å². The number of fused-ring (bicyclic) bond motifs is 1. The minimum absolute atomic E-state index is 0.355. The zero-order chi connectivity index (χ0) is 10.3. The summed E-state index contributed by atoms with van der Waals surface area (Å²) in [6.07, 6.45) is 3.15. The summed E-state index contributed by atoms with van der Waals surface area (Å²) in [7, 11) is 0. The average Bonchev–Trinajstić information content (AvgIpc) is 2.39. The third-order valence-electron chi connectivity index (χ3n) is 2.97. The van der Waals surface area contributed by atoms with Crippen LogP contribution in [-0.2, 0) is 4.79 Å². The number of carbonyl (C=O) groups is 1. The molecule has 76 valence electrons. The molecule has 0 aromatic carbocycles. The molecule has 2 atom stereocenters. The molecule has 1 amide bonds. The number of primary amides is 1. The van der Waals surface area contributed by atoms with Gasteiger partial charge in [-0.1, -0.05) is 18.7 Å². The van der Waals surface area contributed by atoms with Crippen molar-refractivity contribution in [2.45, 2.75) is 31.4 Å². The fourth-order valence-electron chi connectivity index (χ4n) is 2.21. The Morgan fingerprint density at radius 3 is 3.00 bits per heavy atom. The van der Waals surface area contributed by atoms with E-state index in [2.05, 4.69) is 6.92 Å². The Hall–Kier alpha value is -0.770. The Balaban J connectivity index is 2.32. The van der Waals surface area contributed by atoms with E-state index in [1.165, 1.54) is 11.8 Å². The Bertz CT molecular complexity index is 335. The quantitative estimate of drug-likeness (QED) is 0.691. The van der Waals surface area contributed by atoms with Gasteiger partial charge in [0.05, 0.1) is 5.57 Å². The minimum atomic E-state index is -0.422. The van der Waals surface area contributed by atoms with Gasteiger partial charge < -0.3 is 5.73 Å². The summed E-state index contributed by atoms with van der Waals surface area (Å²) in [4.78, 5) is 11.2. The molecule has 0 spiro atoms. The van der Waals surface area contributed by atoms with E-state index >= 15 is 0 Å². The molecule has 0 aromatic rings. The SMILES string of the molecule is C[C@H]1CCC2=C(C(N)=O)C(=N)S[C@@H]2C1. The fraction of sp³-hybridized carbons (Fsp3) is 0.600. The van der Waals surface area contributed by atoms with Gasteiger partial charge in [-0.05, 0) is 30.8 Å². The van der Waals surface area contributed by atoms with Gasteiger partial charge in [0.1, 0.15) is 5.04 Å². The van der Waals surface area contributed by atoms with Gasteiger partial charge in [-0.25, -0.2) is 0 Å². The van der Waals surface area contributed by atoms with E-state index in [0.717, 1.165) is 24.8 Å². The summed E-state index contributed by atoms with van der Waals surface area (Å²) < 4.78 is 0. The van der Waals surface area contributed by atoms with E-state index in [0.29, 0.717) is 21.8 Å². The highest BCUT2D eigenvalue weighted by molar-refractivity contribution is 8.15. The lowest BCUT2D eigenvalue weighted by Crippen LogP contribution is -2.20. The van der Waals surface area contributed by atoms with Crippen LogP contribution in [0.2, 0.25) is 0 Å². The summed E-state index contributed by atoms with van der Waals surface area (Å²) >= 11 is 1.50. The van der Waals surface area contributed by atoms with Gasteiger partial charge in [-0.15, -0.1) is 0 Å². The van der Waals surface area contributed by atoms with Crippen molar-refractivity contribution < 1.29 is 4.79 Å². The lowest BCUT2D eigenvalue weighted by molar-refractivity contribution is -0.114. The summed E-state index contributed by atoms with van der Waals surface area (Å²) in [6, 6.07) is 0. The Kier molecular flexibility index (Phi) is 2.39. The minimum Gasteiger partial charge on any atom is -0.366 e. The van der Waals surface area contributed by atoms with Crippen molar-refractivity contribution in [3.8, 4) is 0 Å². The molecule has 4 heteroatoms. The van der Waals surface area contributed by atoms with Crippen LogP contribution in [0.25, 0.3) is 0 Å². The number of amides is 1. The molecule has 0 unspecified atom stereocenters. The monoisotopic (exact) mass is 210 g/mol. The number of hydrogen-bond acceptors (Lipinski definition) is 3. The van der Waals surface area contributed by atoms with Crippen LogP contribution < -0.4 is 5.73 Å². The molecule has 2 rings (SSSR count). The zero-order valence-corrected chi connectivity index (χ0v) is 8.99. The summed E-state index contributed by atoms with van der Waals surface area (Å²) in [5, 5.41) is 8.44. The fourth-order valence-corrected chi connectivity index (χ4v) is 3.65. The standard InChI is InChI=1S/C10H14N2OS/c1-5-2-3-6-7(4-5)14-10(12)8(6)9(11)13/h5,7,12H,2-4H2,1H3,(H2,11,13)/t5-,7+/m0/s1. The molecule has 3 N–H and O–H groups in total. The first-order valence-corrected chi connectivity index (χ1v) is 5.76. The maximum Gasteiger partial charge on any atom is 0.251 e. The number of nitrogens with two attached hydrogens (primary N) is 1. The van der Waals surface area contributed by atoms with Gasteiger partial charge in [-0.2, -0.15) is 0 Å². The molecule has 1 aliphatic carbocycles.